The highest BCUT2D eigenvalue weighted by Crippen LogP contribution is 2.29. The largest absolute Gasteiger partial charge is 0.306 e. The third-order valence-corrected chi connectivity index (χ3v) is 5.31. The van der Waals surface area contributed by atoms with E-state index >= 15 is 0 Å². The number of benzene rings is 1. The Labute approximate surface area is 136 Å². The van der Waals surface area contributed by atoms with Crippen LogP contribution in [0.1, 0.15) is 30.7 Å². The Hall–Kier alpha value is -0.520. The molecule has 6 heteroatoms. The molecule has 3 nitrogen and oxygen atoms in total. The number of aromatic nitrogens is 3. The summed E-state index contributed by atoms with van der Waals surface area (Å²) in [6.45, 7) is 1.04. The fourth-order valence-corrected chi connectivity index (χ4v) is 4.15. The molecule has 1 aliphatic rings. The van der Waals surface area contributed by atoms with Gasteiger partial charge in [0.05, 0.1) is 0 Å². The van der Waals surface area contributed by atoms with Gasteiger partial charge in [-0.25, -0.2) is 0 Å². The molecule has 0 radical (unpaired) electrons. The number of rotatable bonds is 3. The molecule has 106 valence electrons. The Kier molecular flexibility index (Phi) is 4.68. The van der Waals surface area contributed by atoms with Gasteiger partial charge in [-0.1, -0.05) is 51.8 Å². The van der Waals surface area contributed by atoms with E-state index in [4.69, 9.17) is 11.6 Å². The zero-order chi connectivity index (χ0) is 13.9. The number of hydrogen-bond donors (Lipinski definition) is 0. The van der Waals surface area contributed by atoms with Crippen LogP contribution >= 0.6 is 39.3 Å². The van der Waals surface area contributed by atoms with Gasteiger partial charge in [-0.2, -0.15) is 0 Å². The van der Waals surface area contributed by atoms with Crippen LogP contribution in [0.4, 0.5) is 0 Å². The summed E-state index contributed by atoms with van der Waals surface area (Å²) in [5.74, 6) is 1.96. The van der Waals surface area contributed by atoms with Gasteiger partial charge in [0, 0.05) is 28.2 Å². The van der Waals surface area contributed by atoms with Crippen LogP contribution in [0.15, 0.2) is 27.8 Å². The first kappa shape index (κ1) is 14.4. The summed E-state index contributed by atoms with van der Waals surface area (Å²) in [4.78, 5) is 0. The third kappa shape index (κ3) is 3.21. The van der Waals surface area contributed by atoms with E-state index in [0.29, 0.717) is 0 Å². The fourth-order valence-electron chi connectivity index (χ4n) is 2.35. The van der Waals surface area contributed by atoms with E-state index < -0.39 is 0 Å². The van der Waals surface area contributed by atoms with Gasteiger partial charge in [0.2, 0.25) is 0 Å². The Bertz CT molecular complexity index is 614. The molecule has 0 saturated heterocycles. The molecule has 0 spiro atoms. The van der Waals surface area contributed by atoms with Gasteiger partial charge >= 0.3 is 0 Å². The molecular formula is C14H15BrClN3S. The molecule has 1 aromatic heterocycles. The summed E-state index contributed by atoms with van der Waals surface area (Å²) in [5.41, 5.74) is 1.13. The van der Waals surface area contributed by atoms with E-state index in [0.717, 1.165) is 44.8 Å². The summed E-state index contributed by atoms with van der Waals surface area (Å²) in [7, 11) is 0. The Morgan fingerprint density at radius 3 is 3.00 bits per heavy atom. The first-order chi connectivity index (χ1) is 9.74. The molecule has 0 saturated carbocycles. The van der Waals surface area contributed by atoms with Crippen molar-refractivity contribution >= 4 is 39.3 Å². The van der Waals surface area contributed by atoms with E-state index in [2.05, 4.69) is 36.8 Å². The minimum atomic E-state index is 0.794. The molecule has 0 N–H and O–H groups in total. The van der Waals surface area contributed by atoms with Crippen LogP contribution in [0.5, 0.6) is 0 Å². The second kappa shape index (κ2) is 6.50. The minimum absolute atomic E-state index is 0.794. The predicted octanol–water partition coefficient (Wildman–Crippen LogP) is 4.71. The number of aryl methyl sites for hydroxylation is 1. The average molecular weight is 373 g/mol. The molecule has 0 bridgehead atoms. The van der Waals surface area contributed by atoms with Gasteiger partial charge in [0.25, 0.3) is 0 Å². The maximum atomic E-state index is 6.25. The summed E-state index contributed by atoms with van der Waals surface area (Å²) in [6.07, 6.45) is 4.78. The molecule has 20 heavy (non-hydrogen) atoms. The van der Waals surface area contributed by atoms with Crippen molar-refractivity contribution in [3.63, 3.8) is 0 Å². The molecule has 0 fully saturated rings. The SMILES string of the molecule is Clc1cc(Br)ccc1CSc1nnc2n1CCCCC2. The van der Waals surface area contributed by atoms with E-state index in [1.54, 1.807) is 11.8 Å². The van der Waals surface area contributed by atoms with Crippen molar-refractivity contribution < 1.29 is 0 Å². The second-order valence-electron chi connectivity index (χ2n) is 4.89. The van der Waals surface area contributed by atoms with Gasteiger partial charge in [0.1, 0.15) is 5.82 Å². The number of nitrogens with zero attached hydrogens (tertiary/aromatic N) is 3. The normalized spacial score (nSPS) is 14.9. The van der Waals surface area contributed by atoms with Crippen LogP contribution in [0, 0.1) is 0 Å². The van der Waals surface area contributed by atoms with Crippen molar-refractivity contribution in [3.05, 3.63) is 39.1 Å². The maximum Gasteiger partial charge on any atom is 0.191 e. The van der Waals surface area contributed by atoms with Crippen LogP contribution in [0.3, 0.4) is 0 Å². The zero-order valence-corrected chi connectivity index (χ0v) is 14.1. The van der Waals surface area contributed by atoms with Crippen molar-refractivity contribution in [2.24, 2.45) is 0 Å². The van der Waals surface area contributed by atoms with Crippen molar-refractivity contribution in [2.45, 2.75) is 43.1 Å². The molecule has 0 amide bonds. The third-order valence-electron chi connectivity index (χ3n) is 3.45. The van der Waals surface area contributed by atoms with Gasteiger partial charge in [-0.15, -0.1) is 10.2 Å². The number of halogens is 2. The lowest BCUT2D eigenvalue weighted by Gasteiger charge is -2.07. The maximum absolute atomic E-state index is 6.25. The predicted molar refractivity (Wildman–Crippen MR) is 86.3 cm³/mol. The smallest absolute Gasteiger partial charge is 0.191 e. The van der Waals surface area contributed by atoms with Crippen LogP contribution in [-0.4, -0.2) is 14.8 Å². The van der Waals surface area contributed by atoms with E-state index in [9.17, 15) is 0 Å². The monoisotopic (exact) mass is 371 g/mol. The lowest BCUT2D eigenvalue weighted by Crippen LogP contribution is -2.02. The Morgan fingerprint density at radius 1 is 1.25 bits per heavy atom. The average Bonchev–Trinajstić information content (AvgIpc) is 2.66. The standard InChI is InChI=1S/C14H15BrClN3S/c15-11-6-5-10(12(16)8-11)9-20-14-18-17-13-4-2-1-3-7-19(13)14/h5-6,8H,1-4,7,9H2. The molecule has 2 aromatic rings. The first-order valence-electron chi connectivity index (χ1n) is 6.73. The molecule has 0 atom stereocenters. The lowest BCUT2D eigenvalue weighted by atomic mass is 10.2. The van der Waals surface area contributed by atoms with Crippen LogP contribution in [-0.2, 0) is 18.7 Å². The summed E-state index contributed by atoms with van der Waals surface area (Å²) in [6, 6.07) is 6.01. The van der Waals surface area contributed by atoms with Gasteiger partial charge < -0.3 is 4.57 Å². The van der Waals surface area contributed by atoms with Crippen LogP contribution < -0.4 is 0 Å². The number of fused-ring (bicyclic) bond motifs is 1. The van der Waals surface area contributed by atoms with Crippen molar-refractivity contribution in [3.8, 4) is 0 Å². The van der Waals surface area contributed by atoms with Crippen LogP contribution in [0.2, 0.25) is 5.02 Å². The molecule has 1 aromatic carbocycles. The van der Waals surface area contributed by atoms with E-state index in [-0.39, 0.29) is 0 Å². The topological polar surface area (TPSA) is 30.7 Å². The highest BCUT2D eigenvalue weighted by Gasteiger charge is 2.15. The fraction of sp³-hybridized carbons (Fsp3) is 0.429. The molecule has 0 aliphatic carbocycles. The molecule has 0 unspecified atom stereocenters. The highest BCUT2D eigenvalue weighted by molar-refractivity contribution is 9.10. The first-order valence-corrected chi connectivity index (χ1v) is 8.88. The minimum Gasteiger partial charge on any atom is -0.306 e. The quantitative estimate of drug-likeness (QED) is 0.731. The number of thioether (sulfide) groups is 1. The lowest BCUT2D eigenvalue weighted by molar-refractivity contribution is 0.591. The highest BCUT2D eigenvalue weighted by atomic mass is 79.9. The summed E-state index contributed by atoms with van der Waals surface area (Å²) >= 11 is 11.4. The summed E-state index contributed by atoms with van der Waals surface area (Å²) in [5, 5.41) is 10.5. The van der Waals surface area contributed by atoms with Crippen LogP contribution in [0.25, 0.3) is 0 Å². The van der Waals surface area contributed by atoms with Crippen molar-refractivity contribution in [1.82, 2.24) is 14.8 Å². The van der Waals surface area contributed by atoms with Gasteiger partial charge in [0.15, 0.2) is 5.16 Å². The van der Waals surface area contributed by atoms with E-state index in [1.807, 2.05) is 12.1 Å². The molecule has 3 rings (SSSR count). The van der Waals surface area contributed by atoms with Gasteiger partial charge in [-0.05, 0) is 30.5 Å². The zero-order valence-electron chi connectivity index (χ0n) is 11.0. The van der Waals surface area contributed by atoms with E-state index in [1.165, 1.54) is 19.3 Å². The molecule has 2 heterocycles. The molecule has 1 aliphatic heterocycles. The van der Waals surface area contributed by atoms with Crippen molar-refractivity contribution in [1.29, 1.82) is 0 Å². The van der Waals surface area contributed by atoms with Crippen molar-refractivity contribution in [2.75, 3.05) is 0 Å². The second-order valence-corrected chi connectivity index (χ2v) is 7.15. The number of hydrogen-bond acceptors (Lipinski definition) is 3. The Balaban J connectivity index is 1.74. The Morgan fingerprint density at radius 2 is 2.15 bits per heavy atom. The summed E-state index contributed by atoms with van der Waals surface area (Å²) < 4.78 is 3.28. The van der Waals surface area contributed by atoms with Gasteiger partial charge in [-0.3, -0.25) is 0 Å². The molecular weight excluding hydrogens is 358 g/mol.